The van der Waals surface area contributed by atoms with Gasteiger partial charge in [-0.1, -0.05) is 6.92 Å². The molecule has 0 rings (SSSR count). The van der Waals surface area contributed by atoms with Crippen LogP contribution in [0.2, 0.25) is 0 Å². The average molecular weight is 159 g/mol. The number of hydrogen-bond acceptors (Lipinski definition) is 1. The van der Waals surface area contributed by atoms with Crippen LogP contribution in [-0.4, -0.2) is 37.2 Å². The highest BCUT2D eigenvalue weighted by Gasteiger charge is 2.19. The summed E-state index contributed by atoms with van der Waals surface area (Å²) >= 11 is 0. The van der Waals surface area contributed by atoms with Gasteiger partial charge in [-0.05, 0) is 20.3 Å². The summed E-state index contributed by atoms with van der Waals surface area (Å²) in [5.41, 5.74) is 5.58. The molecule has 0 aromatic heterocycles. The minimum Gasteiger partial charge on any atom is -0.326 e. The van der Waals surface area contributed by atoms with Crippen molar-refractivity contribution >= 4 is 0 Å². The van der Waals surface area contributed by atoms with Gasteiger partial charge in [-0.3, -0.25) is 0 Å². The summed E-state index contributed by atoms with van der Waals surface area (Å²) in [4.78, 5) is 0. The minimum absolute atomic E-state index is 0.821. The molecule has 0 radical (unpaired) electrons. The molecule has 0 bridgehead atoms. The van der Waals surface area contributed by atoms with Gasteiger partial charge in [-0.15, -0.1) is 0 Å². The molecule has 11 heavy (non-hydrogen) atoms. The smallest absolute Gasteiger partial charge is 0.0911 e. The molecule has 0 aliphatic heterocycles. The molecule has 0 spiro atoms. The van der Waals surface area contributed by atoms with Gasteiger partial charge in [0.15, 0.2) is 0 Å². The topological polar surface area (TPSA) is 26.0 Å². The van der Waals surface area contributed by atoms with Crippen LogP contribution in [0.1, 0.15) is 27.2 Å². The van der Waals surface area contributed by atoms with E-state index in [1.807, 2.05) is 0 Å². The van der Waals surface area contributed by atoms with Crippen molar-refractivity contribution in [2.45, 2.75) is 27.2 Å². The average Bonchev–Trinajstić information content (AvgIpc) is 2.04. The van der Waals surface area contributed by atoms with Gasteiger partial charge in [0.2, 0.25) is 0 Å². The maximum Gasteiger partial charge on any atom is 0.0911 e. The Kier molecular flexibility index (Phi) is 5.51. The Morgan fingerprint density at radius 1 is 1.00 bits per heavy atom. The molecule has 0 aliphatic rings. The van der Waals surface area contributed by atoms with Gasteiger partial charge in [-0.25, -0.2) is 0 Å². The van der Waals surface area contributed by atoms with E-state index in [4.69, 9.17) is 5.73 Å². The molecule has 0 aliphatic carbocycles. The third kappa shape index (κ3) is 3.21. The zero-order chi connectivity index (χ0) is 8.74. The highest BCUT2D eigenvalue weighted by molar-refractivity contribution is 4.41. The molecule has 0 saturated carbocycles. The zero-order valence-electron chi connectivity index (χ0n) is 8.27. The van der Waals surface area contributed by atoms with E-state index in [0.717, 1.165) is 13.1 Å². The van der Waals surface area contributed by atoms with Crippen molar-refractivity contribution in [1.29, 1.82) is 0 Å². The van der Waals surface area contributed by atoms with Crippen LogP contribution in [0.3, 0.4) is 0 Å². The SMILES string of the molecule is CCC[N+](CC)(CC)CCN. The molecule has 0 aromatic carbocycles. The van der Waals surface area contributed by atoms with Gasteiger partial charge in [0.25, 0.3) is 0 Å². The van der Waals surface area contributed by atoms with Crippen LogP contribution in [0.25, 0.3) is 0 Å². The van der Waals surface area contributed by atoms with Crippen LogP contribution in [-0.2, 0) is 0 Å². The molecule has 2 heteroatoms. The number of rotatable bonds is 6. The van der Waals surface area contributed by atoms with Gasteiger partial charge >= 0.3 is 0 Å². The quantitative estimate of drug-likeness (QED) is 0.579. The zero-order valence-corrected chi connectivity index (χ0v) is 8.27. The first-order valence-electron chi connectivity index (χ1n) is 4.79. The molecule has 2 N–H and O–H groups in total. The van der Waals surface area contributed by atoms with Crippen LogP contribution < -0.4 is 5.73 Å². The lowest BCUT2D eigenvalue weighted by molar-refractivity contribution is -0.923. The molecular weight excluding hydrogens is 136 g/mol. The van der Waals surface area contributed by atoms with Crippen molar-refractivity contribution in [2.24, 2.45) is 5.73 Å². The maximum atomic E-state index is 5.58. The first-order chi connectivity index (χ1) is 5.24. The van der Waals surface area contributed by atoms with Gasteiger partial charge in [0, 0.05) is 6.54 Å². The Morgan fingerprint density at radius 2 is 1.55 bits per heavy atom. The second kappa shape index (κ2) is 5.56. The van der Waals surface area contributed by atoms with Crippen molar-refractivity contribution in [3.63, 3.8) is 0 Å². The molecule has 0 unspecified atom stereocenters. The summed E-state index contributed by atoms with van der Waals surface area (Å²) in [6.07, 6.45) is 1.27. The van der Waals surface area contributed by atoms with E-state index in [1.165, 1.54) is 30.5 Å². The Morgan fingerprint density at radius 3 is 1.82 bits per heavy atom. The van der Waals surface area contributed by atoms with Crippen molar-refractivity contribution in [1.82, 2.24) is 0 Å². The van der Waals surface area contributed by atoms with Crippen molar-refractivity contribution in [3.05, 3.63) is 0 Å². The van der Waals surface area contributed by atoms with E-state index >= 15 is 0 Å². The van der Waals surface area contributed by atoms with Crippen LogP contribution in [0.15, 0.2) is 0 Å². The molecule has 0 aromatic rings. The number of nitrogens with two attached hydrogens (primary N) is 1. The normalized spacial score (nSPS) is 12.0. The second-order valence-corrected chi connectivity index (χ2v) is 3.21. The molecule has 0 heterocycles. The lowest BCUT2D eigenvalue weighted by atomic mass is 10.3. The van der Waals surface area contributed by atoms with Gasteiger partial charge in [-0.2, -0.15) is 0 Å². The molecule has 0 atom stereocenters. The molecular formula is C9H23N2+. The third-order valence-electron chi connectivity index (χ3n) is 2.64. The largest absolute Gasteiger partial charge is 0.326 e. The summed E-state index contributed by atoms with van der Waals surface area (Å²) < 4.78 is 1.20. The summed E-state index contributed by atoms with van der Waals surface area (Å²) in [6, 6.07) is 0. The number of hydrogen-bond donors (Lipinski definition) is 1. The van der Waals surface area contributed by atoms with E-state index in [2.05, 4.69) is 20.8 Å². The van der Waals surface area contributed by atoms with E-state index in [0.29, 0.717) is 0 Å². The highest BCUT2D eigenvalue weighted by atomic mass is 15.3. The summed E-state index contributed by atoms with van der Waals surface area (Å²) in [5.74, 6) is 0. The van der Waals surface area contributed by atoms with E-state index in [1.54, 1.807) is 0 Å². The first kappa shape index (κ1) is 10.9. The standard InChI is InChI=1S/C9H23N2/c1-4-8-11(5-2,6-3)9-7-10/h4-10H2,1-3H3/q+1. The van der Waals surface area contributed by atoms with Crippen LogP contribution >= 0.6 is 0 Å². The van der Waals surface area contributed by atoms with Gasteiger partial charge in [0.05, 0.1) is 26.2 Å². The third-order valence-corrected chi connectivity index (χ3v) is 2.64. The Hall–Kier alpha value is -0.0800. The number of likely N-dealkylation sites (N-methyl/N-ethyl adjacent to an activating group) is 1. The second-order valence-electron chi connectivity index (χ2n) is 3.21. The number of quaternary nitrogens is 1. The van der Waals surface area contributed by atoms with Crippen LogP contribution in [0.5, 0.6) is 0 Å². The van der Waals surface area contributed by atoms with Crippen molar-refractivity contribution < 1.29 is 4.48 Å². The Labute approximate surface area is 71.0 Å². The highest BCUT2D eigenvalue weighted by Crippen LogP contribution is 2.05. The van der Waals surface area contributed by atoms with E-state index in [-0.39, 0.29) is 0 Å². The number of nitrogens with zero attached hydrogens (tertiary/aromatic N) is 1. The van der Waals surface area contributed by atoms with E-state index < -0.39 is 0 Å². The molecule has 68 valence electrons. The predicted molar refractivity (Wildman–Crippen MR) is 50.4 cm³/mol. The first-order valence-corrected chi connectivity index (χ1v) is 4.79. The predicted octanol–water partition coefficient (Wildman–Crippen LogP) is 1.21. The fraction of sp³-hybridized carbons (Fsp3) is 1.00. The van der Waals surface area contributed by atoms with Gasteiger partial charge < -0.3 is 10.2 Å². The lowest BCUT2D eigenvalue weighted by Crippen LogP contribution is -2.51. The van der Waals surface area contributed by atoms with Crippen LogP contribution in [0, 0.1) is 0 Å². The summed E-state index contributed by atoms with van der Waals surface area (Å²) in [6.45, 7) is 12.5. The monoisotopic (exact) mass is 159 g/mol. The molecule has 2 nitrogen and oxygen atoms in total. The molecule has 0 amide bonds. The fourth-order valence-corrected chi connectivity index (χ4v) is 1.72. The maximum absolute atomic E-state index is 5.58. The summed E-state index contributed by atoms with van der Waals surface area (Å²) in [5, 5.41) is 0. The summed E-state index contributed by atoms with van der Waals surface area (Å²) in [7, 11) is 0. The van der Waals surface area contributed by atoms with Crippen molar-refractivity contribution in [3.8, 4) is 0 Å². The molecule has 0 saturated heterocycles. The lowest BCUT2D eigenvalue weighted by Gasteiger charge is -2.36. The minimum atomic E-state index is 0.821. The Bertz CT molecular complexity index is 79.6. The van der Waals surface area contributed by atoms with Crippen LogP contribution in [0.4, 0.5) is 0 Å². The fourth-order valence-electron chi connectivity index (χ4n) is 1.72. The van der Waals surface area contributed by atoms with Gasteiger partial charge in [0.1, 0.15) is 0 Å². The van der Waals surface area contributed by atoms with Crippen molar-refractivity contribution in [2.75, 3.05) is 32.7 Å². The van der Waals surface area contributed by atoms with E-state index in [9.17, 15) is 0 Å². The molecule has 0 fully saturated rings. The Balaban J connectivity index is 3.96.